The van der Waals surface area contributed by atoms with Gasteiger partial charge in [-0.1, -0.05) is 32.0 Å². The number of ketones is 1. The summed E-state index contributed by atoms with van der Waals surface area (Å²) in [5.41, 5.74) is 1.42. The molecule has 3 aromatic heterocycles. The van der Waals surface area contributed by atoms with Crippen LogP contribution in [0, 0.1) is 19.3 Å². The van der Waals surface area contributed by atoms with Crippen molar-refractivity contribution in [1.29, 1.82) is 0 Å². The van der Waals surface area contributed by atoms with Gasteiger partial charge in [0.05, 0.1) is 19.8 Å². The molecule has 0 amide bonds. The van der Waals surface area contributed by atoms with Crippen molar-refractivity contribution in [3.63, 3.8) is 0 Å². The summed E-state index contributed by atoms with van der Waals surface area (Å²) < 4.78 is 83.0. The van der Waals surface area contributed by atoms with E-state index in [2.05, 4.69) is 15.2 Å². The molecule has 4 aromatic rings. The molecule has 0 aliphatic carbocycles. The summed E-state index contributed by atoms with van der Waals surface area (Å²) in [5, 5.41) is 7.23. The molecule has 46 heavy (non-hydrogen) atoms. The minimum absolute atomic E-state index is 0.00576. The quantitative estimate of drug-likeness (QED) is 0.276. The number of aromatic nitrogens is 4. The van der Waals surface area contributed by atoms with Gasteiger partial charge in [0.2, 0.25) is 21.7 Å². The minimum atomic E-state index is -4.70. The van der Waals surface area contributed by atoms with Gasteiger partial charge < -0.3 is 9.47 Å². The highest BCUT2D eigenvalue weighted by Gasteiger charge is 2.47. The number of carbonyl (C=O) groups is 1. The predicted octanol–water partition coefficient (Wildman–Crippen LogP) is 5.25. The van der Waals surface area contributed by atoms with Gasteiger partial charge in [-0.05, 0) is 66.8 Å². The minimum Gasteiger partial charge on any atom is -0.466 e. The molecule has 5 heterocycles. The first-order chi connectivity index (χ1) is 21.5. The number of rotatable bonds is 6. The molecule has 0 radical (unpaired) electrons. The second-order valence-electron chi connectivity index (χ2n) is 12.7. The molecule has 14 heteroatoms. The van der Waals surface area contributed by atoms with Crippen molar-refractivity contribution >= 4 is 21.5 Å². The van der Waals surface area contributed by atoms with Gasteiger partial charge in [-0.15, -0.1) is 10.2 Å². The summed E-state index contributed by atoms with van der Waals surface area (Å²) in [6.07, 6.45) is -1.45. The molecule has 1 aromatic carbocycles. The maximum absolute atomic E-state index is 14.0. The second-order valence-corrected chi connectivity index (χ2v) is 14.6. The van der Waals surface area contributed by atoms with E-state index in [1.807, 2.05) is 25.1 Å². The van der Waals surface area contributed by atoms with Crippen LogP contribution in [0.4, 0.5) is 13.2 Å². The molecule has 0 saturated carbocycles. The number of pyridine rings is 2. The predicted molar refractivity (Wildman–Crippen MR) is 161 cm³/mol. The van der Waals surface area contributed by atoms with Crippen LogP contribution in [0.15, 0.2) is 53.7 Å². The lowest BCUT2D eigenvalue weighted by Gasteiger charge is -2.35. The Bertz CT molecular complexity index is 1950. The van der Waals surface area contributed by atoms with Crippen molar-refractivity contribution in [3.05, 3.63) is 82.4 Å². The number of halogens is 3. The average Bonchev–Trinajstić information content (AvgIpc) is 3.61. The van der Waals surface area contributed by atoms with Crippen molar-refractivity contribution in [2.45, 2.75) is 70.2 Å². The van der Waals surface area contributed by atoms with Gasteiger partial charge in [0.25, 0.3) is 0 Å². The molecule has 0 unspecified atom stereocenters. The number of ether oxygens (including phenoxy) is 2. The number of nitrogens with zero attached hydrogens (tertiary/aromatic N) is 5. The maximum atomic E-state index is 14.0. The Morgan fingerprint density at radius 3 is 2.57 bits per heavy atom. The Morgan fingerprint density at radius 1 is 1.13 bits per heavy atom. The lowest BCUT2D eigenvalue weighted by atomic mass is 9.68. The van der Waals surface area contributed by atoms with Crippen LogP contribution in [0.5, 0.6) is 5.88 Å². The molecule has 244 valence electrons. The van der Waals surface area contributed by atoms with Crippen molar-refractivity contribution in [2.24, 2.45) is 5.41 Å². The molecule has 0 N–H and O–H groups in total. The highest BCUT2D eigenvalue weighted by molar-refractivity contribution is 7.89. The zero-order chi connectivity index (χ0) is 33.2. The van der Waals surface area contributed by atoms with Gasteiger partial charge in [-0.3, -0.25) is 9.20 Å². The number of sulfonamides is 1. The van der Waals surface area contributed by atoms with Crippen LogP contribution in [0.2, 0.25) is 0 Å². The molecule has 1 saturated heterocycles. The molecule has 0 bridgehead atoms. The summed E-state index contributed by atoms with van der Waals surface area (Å²) in [6, 6.07) is 10.2. The van der Waals surface area contributed by atoms with Gasteiger partial charge in [0, 0.05) is 36.7 Å². The van der Waals surface area contributed by atoms with E-state index in [0.29, 0.717) is 35.3 Å². The third-order valence-electron chi connectivity index (χ3n) is 9.31. The Kier molecular flexibility index (Phi) is 7.76. The van der Waals surface area contributed by atoms with E-state index in [-0.39, 0.29) is 41.9 Å². The van der Waals surface area contributed by atoms with Crippen molar-refractivity contribution in [1.82, 2.24) is 23.9 Å². The molecule has 1 spiro atoms. The molecule has 2 aliphatic rings. The normalized spacial score (nSPS) is 20.8. The maximum Gasteiger partial charge on any atom is 0.452 e. The molecule has 1 fully saturated rings. The van der Waals surface area contributed by atoms with Crippen LogP contribution >= 0.6 is 0 Å². The molecular weight excluding hydrogens is 623 g/mol. The van der Waals surface area contributed by atoms with Crippen molar-refractivity contribution in [2.75, 3.05) is 19.8 Å². The van der Waals surface area contributed by atoms with E-state index in [1.165, 1.54) is 29.7 Å². The largest absolute Gasteiger partial charge is 0.466 e. The summed E-state index contributed by atoms with van der Waals surface area (Å²) in [4.78, 5) is 17.3. The van der Waals surface area contributed by atoms with Crippen LogP contribution in [-0.2, 0) is 32.3 Å². The monoisotopic (exact) mass is 657 g/mol. The fourth-order valence-electron chi connectivity index (χ4n) is 6.39. The Morgan fingerprint density at radius 2 is 1.89 bits per heavy atom. The van der Waals surface area contributed by atoms with Gasteiger partial charge in [-0.25, -0.2) is 13.4 Å². The number of hydrogen-bond acceptors (Lipinski definition) is 8. The fraction of sp³-hybridized carbons (Fsp3) is 0.438. The van der Waals surface area contributed by atoms with E-state index >= 15 is 0 Å². The molecular formula is C32H34F3N5O5S. The summed E-state index contributed by atoms with van der Waals surface area (Å²) >= 11 is 0. The van der Waals surface area contributed by atoms with Gasteiger partial charge in [0.1, 0.15) is 16.3 Å². The third kappa shape index (κ3) is 5.35. The van der Waals surface area contributed by atoms with Crippen LogP contribution in [0.3, 0.4) is 0 Å². The Labute approximate surface area is 264 Å². The number of fused-ring (bicyclic) bond motifs is 2. The zero-order valence-corrected chi connectivity index (χ0v) is 26.9. The average molecular weight is 658 g/mol. The standard InChI is InChI=1S/C32H34F3N5O5S/c1-19-8-9-22(26(30(4,5)21(3)41)24-10-13-40-27(20(24)2)37-38-29(40)32(33,34)35)15-23(19)16-39-17-31(11-14-44-18-31)45-28-25(46(39,42)43)7-6-12-36-28/h6-10,12-13,15,26H,11,14,16-18H2,1-5H3/t26-,31+/m0/s1. The zero-order valence-electron chi connectivity index (χ0n) is 26.1. The lowest BCUT2D eigenvalue weighted by molar-refractivity contribution is -0.145. The molecule has 10 nitrogen and oxygen atoms in total. The summed E-state index contributed by atoms with van der Waals surface area (Å²) in [6.45, 7) is 9.28. The highest BCUT2D eigenvalue weighted by Crippen LogP contribution is 2.45. The van der Waals surface area contributed by atoms with Crippen LogP contribution in [0.25, 0.3) is 5.65 Å². The van der Waals surface area contributed by atoms with Gasteiger partial charge in [-0.2, -0.15) is 17.5 Å². The topological polar surface area (TPSA) is 116 Å². The Balaban J connectivity index is 1.46. The first-order valence-electron chi connectivity index (χ1n) is 14.8. The van der Waals surface area contributed by atoms with Gasteiger partial charge >= 0.3 is 6.18 Å². The number of carbonyl (C=O) groups excluding carboxylic acids is 1. The van der Waals surface area contributed by atoms with E-state index in [4.69, 9.17) is 9.47 Å². The van der Waals surface area contributed by atoms with E-state index in [9.17, 15) is 26.4 Å². The first-order valence-corrected chi connectivity index (χ1v) is 16.2. The van der Waals surface area contributed by atoms with Crippen LogP contribution < -0.4 is 4.74 Å². The summed E-state index contributed by atoms with van der Waals surface area (Å²) in [5.74, 6) is -1.83. The van der Waals surface area contributed by atoms with E-state index in [1.54, 1.807) is 32.9 Å². The number of benzene rings is 1. The first kappa shape index (κ1) is 32.1. The Hall–Kier alpha value is -3.88. The molecule has 2 atom stereocenters. The third-order valence-corrected chi connectivity index (χ3v) is 11.1. The number of hydrogen-bond donors (Lipinski definition) is 0. The molecule has 2 aliphatic heterocycles. The smallest absolute Gasteiger partial charge is 0.452 e. The second kappa shape index (κ2) is 11.1. The number of Topliss-reactive ketones (excluding diaryl/α,β-unsaturated/α-hetero) is 1. The fourth-order valence-corrected chi connectivity index (χ4v) is 7.95. The van der Waals surface area contributed by atoms with Crippen LogP contribution in [-0.4, -0.2) is 63.4 Å². The van der Waals surface area contributed by atoms with Crippen molar-refractivity contribution in [3.8, 4) is 5.88 Å². The SMILES string of the molecule is CC(=O)C(C)(C)[C@@H](c1ccc(C)c(CN2C[C@@]3(CCOC3)Oc3ncccc3S2(=O)=O)c1)c1ccn2c(C(F)(F)F)nnc2c1C. The number of aryl methyl sites for hydroxylation is 2. The van der Waals surface area contributed by atoms with E-state index in [0.717, 1.165) is 9.96 Å². The lowest BCUT2D eigenvalue weighted by Crippen LogP contribution is -2.47. The van der Waals surface area contributed by atoms with E-state index < -0.39 is 39.0 Å². The van der Waals surface area contributed by atoms with Crippen molar-refractivity contribution < 1.29 is 35.9 Å². The molecule has 6 rings (SSSR count). The van der Waals surface area contributed by atoms with Gasteiger partial charge in [0.15, 0.2) is 5.65 Å². The summed E-state index contributed by atoms with van der Waals surface area (Å²) in [7, 11) is -4.04. The van der Waals surface area contributed by atoms with Crippen LogP contribution in [0.1, 0.15) is 66.8 Å². The highest BCUT2D eigenvalue weighted by atomic mass is 32.2. The number of alkyl halides is 3.